The third kappa shape index (κ3) is 2.92. The molecule has 0 saturated heterocycles. The number of amides is 1. The van der Waals surface area contributed by atoms with Gasteiger partial charge in [-0.05, 0) is 59.0 Å². The molecule has 0 saturated carbocycles. The molecule has 0 aromatic heterocycles. The Labute approximate surface area is 118 Å². The van der Waals surface area contributed by atoms with Gasteiger partial charge in [-0.2, -0.15) is 0 Å². The molecule has 0 bridgehead atoms. The lowest BCUT2D eigenvalue weighted by molar-refractivity contribution is 0.100. The highest BCUT2D eigenvalue weighted by molar-refractivity contribution is 14.1. The number of hydrogen-bond donors (Lipinski definition) is 2. The Kier molecular flexibility index (Phi) is 3.71. The third-order valence-corrected chi connectivity index (χ3v) is 2.99. The van der Waals surface area contributed by atoms with Gasteiger partial charge in [0.2, 0.25) is 0 Å². The molecule has 0 unspecified atom stereocenters. The topological polar surface area (TPSA) is 78.3 Å². The molecule has 2 rings (SSSR count). The van der Waals surface area contributed by atoms with Crippen LogP contribution < -0.4 is 16.2 Å². The normalized spacial score (nSPS) is 10.1. The molecule has 0 fully saturated rings. The van der Waals surface area contributed by atoms with Gasteiger partial charge in [-0.25, -0.2) is 0 Å². The summed E-state index contributed by atoms with van der Waals surface area (Å²) < 4.78 is 6.70. The number of nitrogens with two attached hydrogens (primary N) is 2. The molecule has 2 aromatic rings. The minimum absolute atomic E-state index is 0.262. The van der Waals surface area contributed by atoms with E-state index in [0.29, 0.717) is 17.2 Å². The minimum Gasteiger partial charge on any atom is -0.457 e. The highest BCUT2D eigenvalue weighted by Gasteiger charge is 2.08. The summed E-state index contributed by atoms with van der Waals surface area (Å²) in [6.07, 6.45) is 0. The van der Waals surface area contributed by atoms with Crippen molar-refractivity contribution in [2.75, 3.05) is 5.73 Å². The lowest BCUT2D eigenvalue weighted by Gasteiger charge is -2.08. The van der Waals surface area contributed by atoms with Crippen LogP contribution in [0.2, 0.25) is 0 Å². The van der Waals surface area contributed by atoms with Crippen LogP contribution in [0, 0.1) is 3.57 Å². The van der Waals surface area contributed by atoms with Gasteiger partial charge in [0.05, 0.1) is 5.56 Å². The predicted octanol–water partition coefficient (Wildman–Crippen LogP) is 2.76. The molecule has 18 heavy (non-hydrogen) atoms. The van der Waals surface area contributed by atoms with Crippen molar-refractivity contribution in [1.29, 1.82) is 0 Å². The van der Waals surface area contributed by atoms with Crippen molar-refractivity contribution < 1.29 is 9.53 Å². The average molecular weight is 354 g/mol. The van der Waals surface area contributed by atoms with Crippen LogP contribution in [0.3, 0.4) is 0 Å². The second-order valence-corrected chi connectivity index (χ2v) is 4.92. The van der Waals surface area contributed by atoms with Gasteiger partial charge < -0.3 is 16.2 Å². The van der Waals surface area contributed by atoms with Gasteiger partial charge in [0.25, 0.3) is 5.91 Å². The van der Waals surface area contributed by atoms with E-state index >= 15 is 0 Å². The molecule has 0 aliphatic carbocycles. The molecule has 1 amide bonds. The Hall–Kier alpha value is -1.76. The summed E-state index contributed by atoms with van der Waals surface area (Å²) in [6, 6.07) is 12.4. The average Bonchev–Trinajstić information content (AvgIpc) is 2.31. The van der Waals surface area contributed by atoms with Crippen LogP contribution in [-0.4, -0.2) is 5.91 Å². The van der Waals surface area contributed by atoms with E-state index < -0.39 is 5.91 Å². The molecule has 2 aromatic carbocycles. The first kappa shape index (κ1) is 12.7. The molecule has 92 valence electrons. The first-order chi connectivity index (χ1) is 8.56. The Balaban J connectivity index is 2.30. The largest absolute Gasteiger partial charge is 0.457 e. The molecular formula is C13H11IN2O2. The SMILES string of the molecule is NC(=O)c1cc(Oc2cccc(I)c2)ccc1N. The number of hydrogen-bond acceptors (Lipinski definition) is 3. The monoisotopic (exact) mass is 354 g/mol. The molecule has 0 spiro atoms. The summed E-state index contributed by atoms with van der Waals surface area (Å²) in [4.78, 5) is 11.2. The van der Waals surface area contributed by atoms with Gasteiger partial charge >= 0.3 is 0 Å². The van der Waals surface area contributed by atoms with E-state index in [1.165, 1.54) is 6.07 Å². The van der Waals surface area contributed by atoms with Crippen molar-refractivity contribution >= 4 is 34.2 Å². The molecule has 5 heteroatoms. The van der Waals surface area contributed by atoms with E-state index in [4.69, 9.17) is 16.2 Å². The van der Waals surface area contributed by atoms with E-state index in [9.17, 15) is 4.79 Å². The van der Waals surface area contributed by atoms with Crippen molar-refractivity contribution in [1.82, 2.24) is 0 Å². The maximum absolute atomic E-state index is 11.2. The molecule has 0 heterocycles. The number of benzene rings is 2. The number of rotatable bonds is 3. The molecule has 0 atom stereocenters. The number of anilines is 1. The second kappa shape index (κ2) is 5.26. The van der Waals surface area contributed by atoms with Gasteiger partial charge in [-0.15, -0.1) is 0 Å². The van der Waals surface area contributed by atoms with Crippen LogP contribution >= 0.6 is 22.6 Å². The number of carbonyl (C=O) groups is 1. The number of ether oxygens (including phenoxy) is 1. The minimum atomic E-state index is -0.569. The van der Waals surface area contributed by atoms with E-state index in [2.05, 4.69) is 22.6 Å². The van der Waals surface area contributed by atoms with Crippen LogP contribution in [0.5, 0.6) is 11.5 Å². The molecule has 0 radical (unpaired) electrons. The van der Waals surface area contributed by atoms with Gasteiger partial charge in [0.15, 0.2) is 0 Å². The zero-order valence-electron chi connectivity index (χ0n) is 9.39. The van der Waals surface area contributed by atoms with Crippen molar-refractivity contribution in [2.45, 2.75) is 0 Å². The first-order valence-corrected chi connectivity index (χ1v) is 6.27. The van der Waals surface area contributed by atoms with E-state index in [1.807, 2.05) is 24.3 Å². The van der Waals surface area contributed by atoms with Crippen LogP contribution in [0.15, 0.2) is 42.5 Å². The zero-order valence-corrected chi connectivity index (χ0v) is 11.5. The van der Waals surface area contributed by atoms with Crippen molar-refractivity contribution in [3.05, 3.63) is 51.6 Å². The summed E-state index contributed by atoms with van der Waals surface area (Å²) >= 11 is 2.20. The van der Waals surface area contributed by atoms with Gasteiger partial charge in [0.1, 0.15) is 11.5 Å². The van der Waals surface area contributed by atoms with Crippen molar-refractivity contribution in [3.8, 4) is 11.5 Å². The smallest absolute Gasteiger partial charge is 0.250 e. The number of halogens is 1. The number of nitrogen functional groups attached to an aromatic ring is 1. The van der Waals surface area contributed by atoms with Crippen LogP contribution in [0.25, 0.3) is 0 Å². The quantitative estimate of drug-likeness (QED) is 0.657. The second-order valence-electron chi connectivity index (χ2n) is 3.67. The maximum atomic E-state index is 11.2. The molecule has 0 aliphatic rings. The molecular weight excluding hydrogens is 343 g/mol. The van der Waals surface area contributed by atoms with Crippen LogP contribution in [-0.2, 0) is 0 Å². The van der Waals surface area contributed by atoms with Crippen molar-refractivity contribution in [3.63, 3.8) is 0 Å². The summed E-state index contributed by atoms with van der Waals surface area (Å²) in [6.45, 7) is 0. The molecule has 4 nitrogen and oxygen atoms in total. The standard InChI is InChI=1S/C13H11IN2O2/c14-8-2-1-3-9(6-8)18-10-4-5-12(15)11(7-10)13(16)17/h1-7H,15H2,(H2,16,17). The fourth-order valence-corrected chi connectivity index (χ4v) is 1.99. The van der Waals surface area contributed by atoms with Gasteiger partial charge in [-0.3, -0.25) is 4.79 Å². The fraction of sp³-hybridized carbons (Fsp3) is 0. The highest BCUT2D eigenvalue weighted by atomic mass is 127. The Morgan fingerprint density at radius 2 is 1.83 bits per heavy atom. The summed E-state index contributed by atoms with van der Waals surface area (Å²) in [5.41, 5.74) is 11.5. The van der Waals surface area contributed by atoms with E-state index in [1.54, 1.807) is 12.1 Å². The third-order valence-electron chi connectivity index (χ3n) is 2.32. The van der Waals surface area contributed by atoms with Crippen LogP contribution in [0.4, 0.5) is 5.69 Å². The molecule has 4 N–H and O–H groups in total. The Bertz CT molecular complexity index is 599. The summed E-state index contributed by atoms with van der Waals surface area (Å²) in [5, 5.41) is 0. The zero-order chi connectivity index (χ0) is 13.1. The highest BCUT2D eigenvalue weighted by Crippen LogP contribution is 2.25. The van der Waals surface area contributed by atoms with Crippen LogP contribution in [0.1, 0.15) is 10.4 Å². The Morgan fingerprint density at radius 1 is 1.11 bits per heavy atom. The van der Waals surface area contributed by atoms with Crippen molar-refractivity contribution in [2.24, 2.45) is 5.73 Å². The lowest BCUT2D eigenvalue weighted by atomic mass is 10.1. The van der Waals surface area contributed by atoms with E-state index in [-0.39, 0.29) is 5.56 Å². The Morgan fingerprint density at radius 3 is 2.50 bits per heavy atom. The summed E-state index contributed by atoms with van der Waals surface area (Å²) in [7, 11) is 0. The predicted molar refractivity (Wildman–Crippen MR) is 78.6 cm³/mol. The van der Waals surface area contributed by atoms with E-state index in [0.717, 1.165) is 3.57 Å². The van der Waals surface area contributed by atoms with Gasteiger partial charge in [-0.1, -0.05) is 6.07 Å². The van der Waals surface area contributed by atoms with Gasteiger partial charge in [0, 0.05) is 9.26 Å². The molecule has 0 aliphatic heterocycles. The maximum Gasteiger partial charge on any atom is 0.250 e. The number of primary amides is 1. The first-order valence-electron chi connectivity index (χ1n) is 5.19. The number of carbonyl (C=O) groups excluding carboxylic acids is 1. The summed E-state index contributed by atoms with van der Waals surface area (Å²) in [5.74, 6) is 0.655. The lowest BCUT2D eigenvalue weighted by Crippen LogP contribution is -2.13. The fourth-order valence-electron chi connectivity index (χ4n) is 1.48.